The molecule has 0 saturated heterocycles. The Bertz CT molecular complexity index is 429. The maximum atomic E-state index is 12.0. The van der Waals surface area contributed by atoms with Crippen LogP contribution in [-0.4, -0.2) is 13.2 Å². The van der Waals surface area contributed by atoms with Gasteiger partial charge in [-0.2, -0.15) is 0 Å². The third-order valence-corrected chi connectivity index (χ3v) is 4.28. The van der Waals surface area contributed by atoms with Gasteiger partial charge in [0, 0.05) is 0 Å². The van der Waals surface area contributed by atoms with Crippen LogP contribution in [0.5, 0.6) is 0 Å². The fourth-order valence-corrected chi connectivity index (χ4v) is 2.69. The van der Waals surface area contributed by atoms with E-state index in [1.807, 2.05) is 0 Å². The molecule has 0 saturated carbocycles. The van der Waals surface area contributed by atoms with E-state index in [1.54, 1.807) is 32.0 Å². The third kappa shape index (κ3) is 4.88. The molecule has 0 N–H and O–H groups in total. The van der Waals surface area contributed by atoms with Gasteiger partial charge in [0.25, 0.3) is 0 Å². The van der Waals surface area contributed by atoms with Crippen LogP contribution < -0.4 is 0 Å². The summed E-state index contributed by atoms with van der Waals surface area (Å²) in [5.41, 5.74) is 0.740. The van der Waals surface area contributed by atoms with E-state index in [2.05, 4.69) is 0 Å². The highest BCUT2D eigenvalue weighted by atomic mass is 35.5. The molecule has 1 aromatic rings. The number of benzene rings is 1. The van der Waals surface area contributed by atoms with Crippen molar-refractivity contribution in [2.24, 2.45) is 0 Å². The molecule has 18 heavy (non-hydrogen) atoms. The van der Waals surface area contributed by atoms with Crippen LogP contribution in [0.25, 0.3) is 0 Å². The minimum absolute atomic E-state index is 0.0775. The summed E-state index contributed by atoms with van der Waals surface area (Å²) < 4.78 is 27.2. The standard InChI is InChI=1S/C11H15Cl2O4P/c1-3-15-18(14,16-4-2)17-8-9-5-6-10(12)11(13)7-9/h5-7H,3-4,8H2,1-2H3. The molecule has 0 fully saturated rings. The summed E-state index contributed by atoms with van der Waals surface area (Å²) in [5, 5.41) is 0.874. The molecule has 0 atom stereocenters. The zero-order valence-corrected chi connectivity index (χ0v) is 12.6. The lowest BCUT2D eigenvalue weighted by Crippen LogP contribution is -2.00. The second-order valence-electron chi connectivity index (χ2n) is 3.30. The SMILES string of the molecule is CCOP(=O)(OCC)OCc1ccc(Cl)c(Cl)c1. The number of halogens is 2. The largest absolute Gasteiger partial charge is 0.475 e. The van der Waals surface area contributed by atoms with E-state index in [9.17, 15) is 4.57 Å². The summed E-state index contributed by atoms with van der Waals surface area (Å²) in [4.78, 5) is 0. The molecule has 102 valence electrons. The summed E-state index contributed by atoms with van der Waals surface area (Å²) in [6, 6.07) is 5.03. The Morgan fingerprint density at radius 3 is 2.17 bits per heavy atom. The molecule has 4 nitrogen and oxygen atoms in total. The molecule has 7 heteroatoms. The first kappa shape index (κ1) is 16.0. The number of hydrogen-bond donors (Lipinski definition) is 0. The summed E-state index contributed by atoms with van der Waals surface area (Å²) in [5.74, 6) is 0. The Kier molecular flexibility index (Phi) is 6.64. The number of phosphoric acid groups is 1. The average Bonchev–Trinajstić information content (AvgIpc) is 2.32. The quantitative estimate of drug-likeness (QED) is 0.685. The first-order valence-electron chi connectivity index (χ1n) is 5.48. The van der Waals surface area contributed by atoms with Crippen molar-refractivity contribution >= 4 is 31.0 Å². The van der Waals surface area contributed by atoms with E-state index in [0.29, 0.717) is 10.0 Å². The summed E-state index contributed by atoms with van der Waals surface area (Å²) >= 11 is 11.7. The number of rotatable bonds is 7. The summed E-state index contributed by atoms with van der Waals surface area (Å²) in [6.45, 7) is 4.01. The van der Waals surface area contributed by atoms with E-state index in [0.717, 1.165) is 5.56 Å². The smallest absolute Gasteiger partial charge is 0.287 e. The summed E-state index contributed by atoms with van der Waals surface area (Å²) in [7, 11) is -3.49. The fraction of sp³-hybridized carbons (Fsp3) is 0.455. The molecule has 0 aliphatic carbocycles. The fourth-order valence-electron chi connectivity index (χ4n) is 1.21. The van der Waals surface area contributed by atoms with Crippen LogP contribution in [-0.2, 0) is 24.7 Å². The molecule has 0 aliphatic heterocycles. The van der Waals surface area contributed by atoms with Gasteiger partial charge in [0.15, 0.2) is 0 Å². The van der Waals surface area contributed by atoms with Crippen LogP contribution in [0.4, 0.5) is 0 Å². The molecule has 0 unspecified atom stereocenters. The first-order valence-corrected chi connectivity index (χ1v) is 7.70. The van der Waals surface area contributed by atoms with Gasteiger partial charge in [-0.15, -0.1) is 0 Å². The van der Waals surface area contributed by atoms with Crippen molar-refractivity contribution in [1.29, 1.82) is 0 Å². The van der Waals surface area contributed by atoms with Crippen molar-refractivity contribution in [3.8, 4) is 0 Å². The normalized spacial score (nSPS) is 11.8. The molecule has 0 aliphatic rings. The maximum Gasteiger partial charge on any atom is 0.475 e. The van der Waals surface area contributed by atoms with E-state index >= 15 is 0 Å². The monoisotopic (exact) mass is 312 g/mol. The zero-order chi connectivity index (χ0) is 13.6. The van der Waals surface area contributed by atoms with Gasteiger partial charge in [-0.1, -0.05) is 29.3 Å². The molecule has 1 rings (SSSR count). The number of hydrogen-bond acceptors (Lipinski definition) is 4. The van der Waals surface area contributed by atoms with Crippen molar-refractivity contribution in [3.63, 3.8) is 0 Å². The van der Waals surface area contributed by atoms with Crippen molar-refractivity contribution in [2.75, 3.05) is 13.2 Å². The van der Waals surface area contributed by atoms with Crippen LogP contribution >= 0.6 is 31.0 Å². The molecule has 1 aromatic carbocycles. The van der Waals surface area contributed by atoms with Gasteiger partial charge in [-0.3, -0.25) is 13.6 Å². The van der Waals surface area contributed by atoms with E-state index in [1.165, 1.54) is 0 Å². The minimum Gasteiger partial charge on any atom is -0.287 e. The second kappa shape index (κ2) is 7.49. The molecule has 0 bridgehead atoms. The van der Waals surface area contributed by atoms with Crippen molar-refractivity contribution in [3.05, 3.63) is 33.8 Å². The highest BCUT2D eigenvalue weighted by molar-refractivity contribution is 7.48. The predicted octanol–water partition coefficient (Wildman–Crippen LogP) is 4.69. The Labute approximate surface area is 117 Å². The van der Waals surface area contributed by atoms with Gasteiger partial charge < -0.3 is 0 Å². The Hall–Kier alpha value is -0.0900. The summed E-state index contributed by atoms with van der Waals surface area (Å²) in [6.07, 6.45) is 0. The predicted molar refractivity (Wildman–Crippen MR) is 72.1 cm³/mol. The van der Waals surface area contributed by atoms with Crippen molar-refractivity contribution < 1.29 is 18.1 Å². The highest BCUT2D eigenvalue weighted by Crippen LogP contribution is 2.49. The molecular formula is C11H15Cl2O4P. The van der Waals surface area contributed by atoms with Crippen LogP contribution in [0.2, 0.25) is 10.0 Å². The molecule has 0 spiro atoms. The Balaban J connectivity index is 2.66. The lowest BCUT2D eigenvalue weighted by Gasteiger charge is -2.16. The number of phosphoric ester groups is 1. The molecule has 0 aromatic heterocycles. The maximum absolute atomic E-state index is 12.0. The van der Waals surface area contributed by atoms with Crippen LogP contribution in [0.15, 0.2) is 18.2 Å². The average molecular weight is 313 g/mol. The van der Waals surface area contributed by atoms with Crippen LogP contribution in [0.1, 0.15) is 19.4 Å². The molecule has 0 heterocycles. The van der Waals surface area contributed by atoms with Gasteiger partial charge in [-0.25, -0.2) is 4.57 Å². The van der Waals surface area contributed by atoms with Gasteiger partial charge in [0.2, 0.25) is 0 Å². The Morgan fingerprint density at radius 2 is 1.67 bits per heavy atom. The van der Waals surface area contributed by atoms with Gasteiger partial charge in [0.1, 0.15) is 0 Å². The highest BCUT2D eigenvalue weighted by Gasteiger charge is 2.25. The lowest BCUT2D eigenvalue weighted by atomic mass is 10.2. The zero-order valence-electron chi connectivity index (χ0n) is 10.2. The second-order valence-corrected chi connectivity index (χ2v) is 5.79. The first-order chi connectivity index (χ1) is 8.50. The van der Waals surface area contributed by atoms with E-state index in [-0.39, 0.29) is 19.8 Å². The van der Waals surface area contributed by atoms with E-state index < -0.39 is 7.82 Å². The van der Waals surface area contributed by atoms with Gasteiger partial charge in [0.05, 0.1) is 29.9 Å². The Morgan fingerprint density at radius 1 is 1.06 bits per heavy atom. The lowest BCUT2D eigenvalue weighted by molar-refractivity contribution is 0.116. The van der Waals surface area contributed by atoms with Crippen LogP contribution in [0.3, 0.4) is 0 Å². The van der Waals surface area contributed by atoms with Crippen molar-refractivity contribution in [1.82, 2.24) is 0 Å². The van der Waals surface area contributed by atoms with E-state index in [4.69, 9.17) is 36.8 Å². The van der Waals surface area contributed by atoms with Gasteiger partial charge in [-0.05, 0) is 31.5 Å². The topological polar surface area (TPSA) is 44.8 Å². The third-order valence-electron chi connectivity index (χ3n) is 1.95. The van der Waals surface area contributed by atoms with Gasteiger partial charge >= 0.3 is 7.82 Å². The van der Waals surface area contributed by atoms with Crippen LogP contribution in [0, 0.1) is 0 Å². The molecule has 0 amide bonds. The van der Waals surface area contributed by atoms with Crippen molar-refractivity contribution in [2.45, 2.75) is 20.5 Å². The minimum atomic E-state index is -3.49. The molecular weight excluding hydrogens is 298 g/mol. The molecule has 0 radical (unpaired) electrons.